The van der Waals surface area contributed by atoms with Gasteiger partial charge in [-0.1, -0.05) is 40.2 Å². The lowest BCUT2D eigenvalue weighted by Gasteiger charge is -2.12. The van der Waals surface area contributed by atoms with Crippen LogP contribution in [-0.2, 0) is 6.42 Å². The molecule has 1 atom stereocenters. The fraction of sp³-hybridized carbons (Fsp3) is 0.294. The monoisotopic (exact) mass is 332 g/mol. The zero-order chi connectivity index (χ0) is 13.9. The molecule has 1 aliphatic rings. The molecule has 1 unspecified atom stereocenters. The van der Waals surface area contributed by atoms with Gasteiger partial charge in [0.15, 0.2) is 0 Å². The molecule has 2 aromatic rings. The molecule has 104 valence electrons. The lowest BCUT2D eigenvalue weighted by molar-refractivity contribution is 0.178. The van der Waals surface area contributed by atoms with Crippen LogP contribution in [0, 0.1) is 0 Å². The smallest absolute Gasteiger partial charge is 0.119 e. The Hall–Kier alpha value is -1.32. The first-order valence-corrected chi connectivity index (χ1v) is 7.69. The zero-order valence-electron chi connectivity index (χ0n) is 11.1. The van der Waals surface area contributed by atoms with Crippen LogP contribution in [0.25, 0.3) is 0 Å². The van der Waals surface area contributed by atoms with E-state index in [-0.39, 0.29) is 0 Å². The van der Waals surface area contributed by atoms with Gasteiger partial charge in [0.05, 0.1) is 12.2 Å². The van der Waals surface area contributed by atoms with Gasteiger partial charge in [-0.05, 0) is 48.2 Å². The summed E-state index contributed by atoms with van der Waals surface area (Å²) in [7, 11) is 0. The second kappa shape index (κ2) is 5.98. The molecular weight excluding hydrogens is 316 g/mol. The molecule has 3 rings (SSSR count). The van der Waals surface area contributed by atoms with E-state index in [2.05, 4.69) is 15.9 Å². The first-order valence-electron chi connectivity index (χ1n) is 6.90. The van der Waals surface area contributed by atoms with Gasteiger partial charge in [-0.3, -0.25) is 0 Å². The molecular formula is C17H17BrO2. The van der Waals surface area contributed by atoms with Gasteiger partial charge >= 0.3 is 0 Å². The Morgan fingerprint density at radius 3 is 2.55 bits per heavy atom. The molecule has 20 heavy (non-hydrogen) atoms. The highest BCUT2D eigenvalue weighted by atomic mass is 79.9. The average Bonchev–Trinajstić information content (AvgIpc) is 3.23. The quantitative estimate of drug-likeness (QED) is 0.886. The lowest BCUT2D eigenvalue weighted by atomic mass is 10.0. The molecule has 0 saturated heterocycles. The van der Waals surface area contributed by atoms with Gasteiger partial charge in [-0.2, -0.15) is 0 Å². The maximum absolute atomic E-state index is 10.3. The Morgan fingerprint density at radius 2 is 1.90 bits per heavy atom. The minimum Gasteiger partial charge on any atom is -0.490 e. The number of benzene rings is 2. The van der Waals surface area contributed by atoms with Crippen molar-refractivity contribution in [3.8, 4) is 5.75 Å². The molecule has 1 N–H and O–H groups in total. The van der Waals surface area contributed by atoms with Gasteiger partial charge in [0, 0.05) is 10.9 Å². The van der Waals surface area contributed by atoms with Crippen molar-refractivity contribution in [2.24, 2.45) is 0 Å². The summed E-state index contributed by atoms with van der Waals surface area (Å²) in [6, 6.07) is 15.8. The molecule has 1 saturated carbocycles. The topological polar surface area (TPSA) is 29.5 Å². The molecule has 1 fully saturated rings. The normalized spacial score (nSPS) is 15.9. The summed E-state index contributed by atoms with van der Waals surface area (Å²) in [6.45, 7) is 0. The fourth-order valence-electron chi connectivity index (χ4n) is 2.15. The van der Waals surface area contributed by atoms with Crippen LogP contribution >= 0.6 is 15.9 Å². The van der Waals surface area contributed by atoms with Crippen molar-refractivity contribution >= 4 is 15.9 Å². The highest BCUT2D eigenvalue weighted by Gasteiger charge is 2.23. The Bertz CT molecular complexity index is 576. The third kappa shape index (κ3) is 3.62. The average molecular weight is 333 g/mol. The van der Waals surface area contributed by atoms with Crippen molar-refractivity contribution in [1.29, 1.82) is 0 Å². The second-order valence-corrected chi connectivity index (χ2v) is 6.15. The summed E-state index contributed by atoms with van der Waals surface area (Å²) in [5.74, 6) is 0.894. The maximum Gasteiger partial charge on any atom is 0.119 e. The van der Waals surface area contributed by atoms with Crippen molar-refractivity contribution in [1.82, 2.24) is 0 Å². The van der Waals surface area contributed by atoms with E-state index in [9.17, 15) is 5.11 Å². The van der Waals surface area contributed by atoms with Crippen LogP contribution in [-0.4, -0.2) is 11.2 Å². The number of halogens is 1. The molecule has 0 heterocycles. The van der Waals surface area contributed by atoms with Gasteiger partial charge in [-0.15, -0.1) is 0 Å². The molecule has 1 aliphatic carbocycles. The van der Waals surface area contributed by atoms with Crippen LogP contribution in [0.1, 0.15) is 30.1 Å². The molecule has 0 radical (unpaired) electrons. The number of ether oxygens (including phenoxy) is 1. The van der Waals surface area contributed by atoms with Crippen molar-refractivity contribution in [3.63, 3.8) is 0 Å². The van der Waals surface area contributed by atoms with Gasteiger partial charge < -0.3 is 9.84 Å². The number of rotatable bonds is 5. The number of hydrogen-bond acceptors (Lipinski definition) is 2. The van der Waals surface area contributed by atoms with Crippen molar-refractivity contribution in [2.75, 3.05) is 0 Å². The molecule has 3 heteroatoms. The molecule has 2 nitrogen and oxygen atoms in total. The molecule has 0 aromatic heterocycles. The summed E-state index contributed by atoms with van der Waals surface area (Å²) >= 11 is 3.45. The number of hydrogen-bond donors (Lipinski definition) is 1. The molecule has 0 amide bonds. The third-order valence-electron chi connectivity index (χ3n) is 3.41. The predicted molar refractivity (Wildman–Crippen MR) is 82.9 cm³/mol. The first kappa shape index (κ1) is 13.7. The van der Waals surface area contributed by atoms with E-state index >= 15 is 0 Å². The van der Waals surface area contributed by atoms with Crippen molar-refractivity contribution in [2.45, 2.75) is 31.5 Å². The van der Waals surface area contributed by atoms with Crippen LogP contribution in [0.15, 0.2) is 53.0 Å². The van der Waals surface area contributed by atoms with Gasteiger partial charge in [0.25, 0.3) is 0 Å². The van der Waals surface area contributed by atoms with E-state index in [0.29, 0.717) is 12.5 Å². The predicted octanol–water partition coefficient (Wildman–Crippen LogP) is 4.27. The van der Waals surface area contributed by atoms with Gasteiger partial charge in [-0.25, -0.2) is 0 Å². The van der Waals surface area contributed by atoms with Gasteiger partial charge in [0.2, 0.25) is 0 Å². The third-order valence-corrected chi connectivity index (χ3v) is 3.90. The van der Waals surface area contributed by atoms with Crippen molar-refractivity contribution in [3.05, 3.63) is 64.1 Å². The maximum atomic E-state index is 10.3. The first-order chi connectivity index (χ1) is 9.70. The minimum absolute atomic E-state index is 0.410. The Labute approximate surface area is 127 Å². The molecule has 0 bridgehead atoms. The standard InChI is InChI=1S/C17H17BrO2/c18-14-3-1-2-12(10-14)11-17(19)13-4-6-15(7-5-13)20-16-8-9-16/h1-7,10,16-17,19H,8-9,11H2. The summed E-state index contributed by atoms with van der Waals surface area (Å²) in [5.41, 5.74) is 2.04. The van der Waals surface area contributed by atoms with E-state index in [1.165, 1.54) is 0 Å². The van der Waals surface area contributed by atoms with E-state index in [1.807, 2.05) is 48.5 Å². The highest BCUT2D eigenvalue weighted by Crippen LogP contribution is 2.28. The molecule has 0 aliphatic heterocycles. The Kier molecular flexibility index (Phi) is 4.08. The highest BCUT2D eigenvalue weighted by molar-refractivity contribution is 9.10. The molecule has 2 aromatic carbocycles. The SMILES string of the molecule is OC(Cc1cccc(Br)c1)c1ccc(OC2CC2)cc1. The number of aliphatic hydroxyl groups excluding tert-OH is 1. The van der Waals surface area contributed by atoms with E-state index < -0.39 is 6.10 Å². The summed E-state index contributed by atoms with van der Waals surface area (Å²) in [6.07, 6.45) is 2.86. The van der Waals surface area contributed by atoms with Crippen LogP contribution in [0.2, 0.25) is 0 Å². The lowest BCUT2D eigenvalue weighted by Crippen LogP contribution is -2.02. The summed E-state index contributed by atoms with van der Waals surface area (Å²) < 4.78 is 6.74. The van der Waals surface area contributed by atoms with Crippen LogP contribution in [0.4, 0.5) is 0 Å². The van der Waals surface area contributed by atoms with Gasteiger partial charge in [0.1, 0.15) is 5.75 Å². The summed E-state index contributed by atoms with van der Waals surface area (Å²) in [4.78, 5) is 0. The Balaban J connectivity index is 1.65. The van der Waals surface area contributed by atoms with Crippen molar-refractivity contribution < 1.29 is 9.84 Å². The second-order valence-electron chi connectivity index (χ2n) is 5.24. The van der Waals surface area contributed by atoms with Crippen LogP contribution < -0.4 is 4.74 Å². The summed E-state index contributed by atoms with van der Waals surface area (Å²) in [5, 5.41) is 10.3. The van der Waals surface area contributed by atoms with E-state index in [1.54, 1.807) is 0 Å². The van der Waals surface area contributed by atoms with E-state index in [4.69, 9.17) is 4.74 Å². The van der Waals surface area contributed by atoms with Crippen LogP contribution in [0.3, 0.4) is 0 Å². The fourth-order valence-corrected chi connectivity index (χ4v) is 2.60. The zero-order valence-corrected chi connectivity index (χ0v) is 12.7. The van der Waals surface area contributed by atoms with Crippen LogP contribution in [0.5, 0.6) is 5.75 Å². The largest absolute Gasteiger partial charge is 0.490 e. The Morgan fingerprint density at radius 1 is 1.15 bits per heavy atom. The molecule has 0 spiro atoms. The number of aliphatic hydroxyl groups is 1. The minimum atomic E-state index is -0.487. The van der Waals surface area contributed by atoms with E-state index in [0.717, 1.165) is 34.2 Å².